The molecule has 1 unspecified atom stereocenters. The number of hydrogen-bond acceptors (Lipinski definition) is 2. The first kappa shape index (κ1) is 16.9. The highest BCUT2D eigenvalue weighted by Gasteiger charge is 2.21. The molecular formula is C16H23BrN2O. The molecule has 20 heavy (non-hydrogen) atoms. The normalized spacial score (nSPS) is 11.9. The molecule has 0 aliphatic heterocycles. The molecule has 1 rings (SSSR count). The number of rotatable bonds is 8. The fourth-order valence-electron chi connectivity index (χ4n) is 2.14. The number of carbonyl (C=O) groups excluding carboxylic acids is 1. The molecular weight excluding hydrogens is 316 g/mol. The summed E-state index contributed by atoms with van der Waals surface area (Å²) in [5.41, 5.74) is 1.14. The van der Waals surface area contributed by atoms with Crippen molar-refractivity contribution in [3.8, 4) is 0 Å². The predicted octanol–water partition coefficient (Wildman–Crippen LogP) is 3.52. The van der Waals surface area contributed by atoms with Crippen molar-refractivity contribution in [1.29, 1.82) is 0 Å². The first-order chi connectivity index (χ1) is 9.61. The lowest BCUT2D eigenvalue weighted by atomic mass is 10.1. The second-order valence-electron chi connectivity index (χ2n) is 4.70. The van der Waals surface area contributed by atoms with Gasteiger partial charge in [0.2, 0.25) is 5.91 Å². The van der Waals surface area contributed by atoms with E-state index in [9.17, 15) is 4.79 Å². The summed E-state index contributed by atoms with van der Waals surface area (Å²) in [6.07, 6.45) is 2.71. The lowest BCUT2D eigenvalue weighted by Gasteiger charge is -2.30. The van der Waals surface area contributed by atoms with Crippen LogP contribution in [0.3, 0.4) is 0 Å². The Bertz CT molecular complexity index is 448. The Morgan fingerprint density at radius 2 is 2.20 bits per heavy atom. The van der Waals surface area contributed by atoms with Gasteiger partial charge in [-0.3, -0.25) is 4.79 Å². The lowest BCUT2D eigenvalue weighted by Crippen LogP contribution is -2.40. The van der Waals surface area contributed by atoms with Crippen LogP contribution in [0, 0.1) is 0 Å². The minimum Gasteiger partial charge on any atom is -0.335 e. The molecule has 0 saturated heterocycles. The van der Waals surface area contributed by atoms with E-state index in [0.29, 0.717) is 13.1 Å². The third kappa shape index (κ3) is 4.76. The number of halogens is 1. The lowest BCUT2D eigenvalue weighted by molar-refractivity contribution is -0.132. The Morgan fingerprint density at radius 3 is 2.80 bits per heavy atom. The molecule has 3 nitrogen and oxygen atoms in total. The first-order valence-electron chi connectivity index (χ1n) is 6.97. The van der Waals surface area contributed by atoms with Gasteiger partial charge in [-0.15, -0.1) is 6.58 Å². The van der Waals surface area contributed by atoms with E-state index in [0.717, 1.165) is 23.0 Å². The molecule has 1 aromatic carbocycles. The van der Waals surface area contributed by atoms with Gasteiger partial charge in [-0.25, -0.2) is 0 Å². The second-order valence-corrected chi connectivity index (χ2v) is 5.56. The van der Waals surface area contributed by atoms with E-state index >= 15 is 0 Å². The van der Waals surface area contributed by atoms with Crippen molar-refractivity contribution >= 4 is 21.8 Å². The van der Waals surface area contributed by atoms with Gasteiger partial charge in [-0.2, -0.15) is 0 Å². The molecule has 0 aliphatic carbocycles. The van der Waals surface area contributed by atoms with Crippen molar-refractivity contribution < 1.29 is 4.79 Å². The molecule has 0 bridgehead atoms. The summed E-state index contributed by atoms with van der Waals surface area (Å²) in [7, 11) is 0. The minimum atomic E-state index is 0.0588. The van der Waals surface area contributed by atoms with Gasteiger partial charge in [0.25, 0.3) is 0 Å². The maximum Gasteiger partial charge on any atom is 0.237 e. The van der Waals surface area contributed by atoms with Crippen LogP contribution < -0.4 is 5.32 Å². The van der Waals surface area contributed by atoms with Gasteiger partial charge in [-0.1, -0.05) is 47.1 Å². The molecule has 1 N–H and O–H groups in total. The topological polar surface area (TPSA) is 32.3 Å². The van der Waals surface area contributed by atoms with Crippen LogP contribution in [0.15, 0.2) is 41.4 Å². The summed E-state index contributed by atoms with van der Waals surface area (Å²) in [6, 6.07) is 8.11. The summed E-state index contributed by atoms with van der Waals surface area (Å²) < 4.78 is 1.04. The maximum absolute atomic E-state index is 12.3. The van der Waals surface area contributed by atoms with Crippen molar-refractivity contribution in [1.82, 2.24) is 10.2 Å². The van der Waals surface area contributed by atoms with Crippen LogP contribution in [0.5, 0.6) is 0 Å². The summed E-state index contributed by atoms with van der Waals surface area (Å²) >= 11 is 3.56. The molecule has 0 aromatic heterocycles. The quantitative estimate of drug-likeness (QED) is 0.581. The summed E-state index contributed by atoms with van der Waals surface area (Å²) in [6.45, 7) is 9.55. The summed E-state index contributed by atoms with van der Waals surface area (Å²) in [5, 5.41) is 3.07. The fourth-order valence-corrected chi connectivity index (χ4v) is 2.76. The van der Waals surface area contributed by atoms with Gasteiger partial charge in [0.05, 0.1) is 12.6 Å². The number of nitrogens with zero attached hydrogens (tertiary/aromatic N) is 1. The number of hydrogen-bond donors (Lipinski definition) is 1. The SMILES string of the molecule is C=CCNCC(=O)N(CCC)C(C)c1ccccc1Br. The summed E-state index contributed by atoms with van der Waals surface area (Å²) in [5.74, 6) is 0.122. The number of carbonyl (C=O) groups is 1. The maximum atomic E-state index is 12.3. The van der Waals surface area contributed by atoms with E-state index in [1.165, 1.54) is 0 Å². The third-order valence-corrected chi connectivity index (χ3v) is 3.89. The van der Waals surface area contributed by atoms with E-state index < -0.39 is 0 Å². The molecule has 0 heterocycles. The molecule has 110 valence electrons. The van der Waals surface area contributed by atoms with Gasteiger partial charge < -0.3 is 10.2 Å². The van der Waals surface area contributed by atoms with E-state index in [1.807, 2.05) is 23.1 Å². The Hall–Kier alpha value is -1.13. The molecule has 4 heteroatoms. The largest absolute Gasteiger partial charge is 0.335 e. The van der Waals surface area contributed by atoms with Crippen molar-refractivity contribution in [3.05, 3.63) is 47.0 Å². The standard InChI is InChI=1S/C16H23BrN2O/c1-4-10-18-12-16(20)19(11-5-2)13(3)14-8-6-7-9-15(14)17/h4,6-9,13,18H,1,5,10-12H2,2-3H3. The van der Waals surface area contributed by atoms with Crippen LogP contribution in [0.2, 0.25) is 0 Å². The number of nitrogens with one attached hydrogen (secondary N) is 1. The molecule has 0 spiro atoms. The zero-order valence-electron chi connectivity index (χ0n) is 12.2. The Balaban J connectivity index is 2.81. The number of benzene rings is 1. The average Bonchev–Trinajstić information content (AvgIpc) is 2.44. The summed E-state index contributed by atoms with van der Waals surface area (Å²) in [4.78, 5) is 14.3. The van der Waals surface area contributed by atoms with Gasteiger partial charge in [0.1, 0.15) is 0 Å². The average molecular weight is 339 g/mol. The van der Waals surface area contributed by atoms with Gasteiger partial charge in [0.15, 0.2) is 0 Å². The van der Waals surface area contributed by atoms with Crippen LogP contribution in [-0.2, 0) is 4.79 Å². The van der Waals surface area contributed by atoms with E-state index in [-0.39, 0.29) is 11.9 Å². The smallest absolute Gasteiger partial charge is 0.237 e. The zero-order valence-corrected chi connectivity index (χ0v) is 13.8. The number of amides is 1. The van der Waals surface area contributed by atoms with Crippen LogP contribution >= 0.6 is 15.9 Å². The van der Waals surface area contributed by atoms with Crippen molar-refractivity contribution in [2.24, 2.45) is 0 Å². The highest BCUT2D eigenvalue weighted by molar-refractivity contribution is 9.10. The van der Waals surface area contributed by atoms with Crippen LogP contribution in [-0.4, -0.2) is 30.4 Å². The highest BCUT2D eigenvalue weighted by atomic mass is 79.9. The van der Waals surface area contributed by atoms with Crippen LogP contribution in [0.4, 0.5) is 0 Å². The van der Waals surface area contributed by atoms with E-state index in [2.05, 4.69) is 47.7 Å². The van der Waals surface area contributed by atoms with Crippen molar-refractivity contribution in [2.75, 3.05) is 19.6 Å². The Kier molecular flexibility index (Phi) is 7.55. The van der Waals surface area contributed by atoms with E-state index in [4.69, 9.17) is 0 Å². The van der Waals surface area contributed by atoms with Gasteiger partial charge in [-0.05, 0) is 25.0 Å². The van der Waals surface area contributed by atoms with Crippen molar-refractivity contribution in [3.63, 3.8) is 0 Å². The van der Waals surface area contributed by atoms with Crippen LogP contribution in [0.1, 0.15) is 31.9 Å². The Labute approximate surface area is 130 Å². The minimum absolute atomic E-state index is 0.0588. The molecule has 1 atom stereocenters. The molecule has 0 saturated carbocycles. The highest BCUT2D eigenvalue weighted by Crippen LogP contribution is 2.27. The Morgan fingerprint density at radius 1 is 1.50 bits per heavy atom. The molecule has 1 aromatic rings. The fraction of sp³-hybridized carbons (Fsp3) is 0.438. The van der Waals surface area contributed by atoms with Crippen molar-refractivity contribution in [2.45, 2.75) is 26.3 Å². The van der Waals surface area contributed by atoms with Gasteiger partial charge >= 0.3 is 0 Å². The van der Waals surface area contributed by atoms with Crippen LogP contribution in [0.25, 0.3) is 0 Å². The zero-order chi connectivity index (χ0) is 15.0. The molecule has 1 amide bonds. The predicted molar refractivity (Wildman–Crippen MR) is 87.6 cm³/mol. The second kappa shape index (κ2) is 8.93. The van der Waals surface area contributed by atoms with Gasteiger partial charge in [0, 0.05) is 17.6 Å². The first-order valence-corrected chi connectivity index (χ1v) is 7.76. The van der Waals surface area contributed by atoms with E-state index in [1.54, 1.807) is 6.08 Å². The third-order valence-electron chi connectivity index (χ3n) is 3.17. The monoisotopic (exact) mass is 338 g/mol. The molecule has 0 radical (unpaired) electrons. The molecule has 0 aliphatic rings. The molecule has 0 fully saturated rings.